The molecule has 0 spiro atoms. The molecule has 0 fully saturated rings. The van der Waals surface area contributed by atoms with Gasteiger partial charge in [0.2, 0.25) is 5.95 Å². The zero-order valence-corrected chi connectivity index (χ0v) is 10.8. The summed E-state index contributed by atoms with van der Waals surface area (Å²) in [4.78, 5) is 12.1. The molecule has 0 saturated heterocycles. The second kappa shape index (κ2) is 5.16. The van der Waals surface area contributed by atoms with Crippen LogP contribution in [0.4, 0.5) is 27.8 Å². The van der Waals surface area contributed by atoms with Gasteiger partial charge in [-0.1, -0.05) is 0 Å². The van der Waals surface area contributed by atoms with Crippen LogP contribution in [-0.2, 0) is 0 Å². The summed E-state index contributed by atoms with van der Waals surface area (Å²) in [6.45, 7) is 1.29. The highest BCUT2D eigenvalue weighted by Crippen LogP contribution is 2.27. The van der Waals surface area contributed by atoms with E-state index in [4.69, 9.17) is 4.74 Å². The molecule has 3 N–H and O–H groups in total. The minimum Gasteiger partial charge on any atom is -0.488 e. The molecule has 0 atom stereocenters. The maximum Gasteiger partial charge on any atom is 0.224 e. The Bertz CT molecular complexity index is 635. The third-order valence-corrected chi connectivity index (χ3v) is 2.72. The Morgan fingerprint density at radius 3 is 3.10 bits per heavy atom. The van der Waals surface area contributed by atoms with Gasteiger partial charge >= 0.3 is 0 Å². The van der Waals surface area contributed by atoms with E-state index >= 15 is 0 Å². The molecule has 0 aromatic carbocycles. The van der Waals surface area contributed by atoms with Crippen molar-refractivity contribution in [1.29, 1.82) is 0 Å². The van der Waals surface area contributed by atoms with Crippen LogP contribution in [0.3, 0.4) is 0 Å². The first-order chi connectivity index (χ1) is 9.76. The van der Waals surface area contributed by atoms with Crippen molar-refractivity contribution < 1.29 is 9.13 Å². The molecular formula is C12H13FN6O. The molecule has 0 aliphatic carbocycles. The lowest BCUT2D eigenvalue weighted by Gasteiger charge is -2.18. The monoisotopic (exact) mass is 276 g/mol. The van der Waals surface area contributed by atoms with E-state index < -0.39 is 5.82 Å². The topological polar surface area (TPSA) is 84.0 Å². The minimum atomic E-state index is -0.548. The maximum absolute atomic E-state index is 13.6. The van der Waals surface area contributed by atoms with Gasteiger partial charge in [-0.2, -0.15) is 4.98 Å². The Balaban J connectivity index is 1.87. The molecule has 20 heavy (non-hydrogen) atoms. The zero-order chi connectivity index (χ0) is 13.9. The maximum atomic E-state index is 13.6. The van der Waals surface area contributed by atoms with Crippen LogP contribution in [0.15, 0.2) is 18.3 Å². The molecule has 104 valence electrons. The smallest absolute Gasteiger partial charge is 0.224 e. The Kier molecular flexibility index (Phi) is 3.20. The highest BCUT2D eigenvalue weighted by Gasteiger charge is 2.13. The Morgan fingerprint density at radius 1 is 1.35 bits per heavy atom. The third-order valence-electron chi connectivity index (χ3n) is 2.72. The average molecular weight is 276 g/mol. The second-order valence-electron chi connectivity index (χ2n) is 4.08. The predicted octanol–water partition coefficient (Wildman–Crippen LogP) is 1.60. The van der Waals surface area contributed by atoms with Crippen LogP contribution in [0.1, 0.15) is 0 Å². The summed E-state index contributed by atoms with van der Waals surface area (Å²) in [6, 6.07) is 3.47. The Morgan fingerprint density at radius 2 is 2.25 bits per heavy atom. The van der Waals surface area contributed by atoms with Crippen molar-refractivity contribution in [2.45, 2.75) is 0 Å². The van der Waals surface area contributed by atoms with Gasteiger partial charge in [-0.05, 0) is 12.1 Å². The summed E-state index contributed by atoms with van der Waals surface area (Å²) in [6.07, 6.45) is 1.10. The summed E-state index contributed by atoms with van der Waals surface area (Å²) in [5, 5.41) is 8.68. The normalized spacial score (nSPS) is 12.9. The molecule has 0 radical (unpaired) electrons. The number of aromatic nitrogens is 3. The van der Waals surface area contributed by atoms with Crippen LogP contribution in [-0.4, -0.2) is 35.2 Å². The Labute approximate surface area is 114 Å². The standard InChI is InChI=1S/C12H13FN6O/c1-14-12-16-6-7(13)10(19-12)17-9-3-2-8-11(18-9)15-4-5-20-8/h2-3,6H,4-5H2,1H3,(H3,14,15,16,17,18,19). The number of anilines is 4. The van der Waals surface area contributed by atoms with Crippen molar-refractivity contribution in [2.24, 2.45) is 0 Å². The van der Waals surface area contributed by atoms with Crippen molar-refractivity contribution in [3.63, 3.8) is 0 Å². The fourth-order valence-electron chi connectivity index (χ4n) is 1.79. The summed E-state index contributed by atoms with van der Waals surface area (Å²) in [5.74, 6) is 1.63. The molecule has 3 rings (SSSR count). The fourth-order valence-corrected chi connectivity index (χ4v) is 1.79. The van der Waals surface area contributed by atoms with Crippen LogP contribution < -0.4 is 20.7 Å². The van der Waals surface area contributed by atoms with Crippen molar-refractivity contribution in [3.8, 4) is 5.75 Å². The van der Waals surface area contributed by atoms with Crippen LogP contribution in [0.2, 0.25) is 0 Å². The molecule has 0 amide bonds. The highest BCUT2D eigenvalue weighted by molar-refractivity contribution is 5.61. The molecule has 0 saturated carbocycles. The van der Waals surface area contributed by atoms with Gasteiger partial charge in [-0.3, -0.25) is 0 Å². The number of nitrogens with one attached hydrogen (secondary N) is 3. The molecule has 0 bridgehead atoms. The SMILES string of the molecule is CNc1ncc(F)c(Nc2ccc3c(n2)NCCO3)n1. The first kappa shape index (κ1) is 12.4. The number of halogens is 1. The number of hydrogen-bond acceptors (Lipinski definition) is 7. The lowest BCUT2D eigenvalue weighted by atomic mass is 10.3. The lowest BCUT2D eigenvalue weighted by Crippen LogP contribution is -2.19. The number of ether oxygens (including phenoxy) is 1. The van der Waals surface area contributed by atoms with E-state index in [1.54, 1.807) is 19.2 Å². The van der Waals surface area contributed by atoms with E-state index in [2.05, 4.69) is 30.9 Å². The largest absolute Gasteiger partial charge is 0.488 e. The van der Waals surface area contributed by atoms with E-state index in [0.717, 1.165) is 6.20 Å². The second-order valence-corrected chi connectivity index (χ2v) is 4.08. The van der Waals surface area contributed by atoms with Crippen molar-refractivity contribution in [1.82, 2.24) is 15.0 Å². The van der Waals surface area contributed by atoms with E-state index in [1.807, 2.05) is 0 Å². The summed E-state index contributed by atoms with van der Waals surface area (Å²) in [5.41, 5.74) is 0. The van der Waals surface area contributed by atoms with Gasteiger partial charge in [-0.15, -0.1) is 0 Å². The number of rotatable bonds is 3. The van der Waals surface area contributed by atoms with E-state index in [1.165, 1.54) is 0 Å². The number of pyridine rings is 1. The first-order valence-corrected chi connectivity index (χ1v) is 6.11. The first-order valence-electron chi connectivity index (χ1n) is 6.11. The minimum absolute atomic E-state index is 0.0635. The molecule has 0 unspecified atom stereocenters. The molecular weight excluding hydrogens is 263 g/mol. The summed E-state index contributed by atoms with van der Waals surface area (Å²) >= 11 is 0. The summed E-state index contributed by atoms with van der Waals surface area (Å²) < 4.78 is 19.1. The van der Waals surface area contributed by atoms with Gasteiger partial charge in [0.25, 0.3) is 0 Å². The molecule has 2 aromatic rings. The third kappa shape index (κ3) is 2.40. The van der Waals surface area contributed by atoms with Crippen LogP contribution >= 0.6 is 0 Å². The van der Waals surface area contributed by atoms with Crippen molar-refractivity contribution in [2.75, 3.05) is 36.1 Å². The predicted molar refractivity (Wildman–Crippen MR) is 73.0 cm³/mol. The van der Waals surface area contributed by atoms with Gasteiger partial charge in [0, 0.05) is 7.05 Å². The van der Waals surface area contributed by atoms with E-state index in [-0.39, 0.29) is 5.82 Å². The van der Waals surface area contributed by atoms with Crippen molar-refractivity contribution >= 4 is 23.4 Å². The molecule has 7 nitrogen and oxygen atoms in total. The van der Waals surface area contributed by atoms with Gasteiger partial charge in [-0.25, -0.2) is 14.4 Å². The highest BCUT2D eigenvalue weighted by atomic mass is 19.1. The quantitative estimate of drug-likeness (QED) is 0.785. The molecule has 8 heteroatoms. The molecule has 2 aromatic heterocycles. The Hall–Kier alpha value is -2.64. The molecule has 3 heterocycles. The van der Waals surface area contributed by atoms with Gasteiger partial charge in [0.1, 0.15) is 12.4 Å². The van der Waals surface area contributed by atoms with Crippen LogP contribution in [0, 0.1) is 5.82 Å². The average Bonchev–Trinajstić information content (AvgIpc) is 2.49. The molecule has 1 aliphatic heterocycles. The molecule has 1 aliphatic rings. The number of nitrogens with zero attached hydrogens (tertiary/aromatic N) is 3. The van der Waals surface area contributed by atoms with Gasteiger partial charge in [0.15, 0.2) is 23.2 Å². The van der Waals surface area contributed by atoms with Crippen molar-refractivity contribution in [3.05, 3.63) is 24.1 Å². The van der Waals surface area contributed by atoms with E-state index in [9.17, 15) is 4.39 Å². The number of hydrogen-bond donors (Lipinski definition) is 3. The van der Waals surface area contributed by atoms with Crippen LogP contribution in [0.5, 0.6) is 5.75 Å². The number of fused-ring (bicyclic) bond motifs is 1. The lowest BCUT2D eigenvalue weighted by molar-refractivity contribution is 0.321. The van der Waals surface area contributed by atoms with Gasteiger partial charge in [0.05, 0.1) is 12.7 Å². The summed E-state index contributed by atoms with van der Waals surface area (Å²) in [7, 11) is 1.66. The van der Waals surface area contributed by atoms with Gasteiger partial charge < -0.3 is 20.7 Å². The van der Waals surface area contributed by atoms with Crippen LogP contribution in [0.25, 0.3) is 0 Å². The fraction of sp³-hybridized carbons (Fsp3) is 0.250. The van der Waals surface area contributed by atoms with E-state index in [0.29, 0.717) is 36.5 Å². The zero-order valence-electron chi connectivity index (χ0n) is 10.8.